The topological polar surface area (TPSA) is 105 Å². The number of nitrogens with zero attached hydrogens (tertiary/aromatic N) is 1. The number of hydrogen-bond donors (Lipinski definition) is 0. The third-order valence-corrected chi connectivity index (χ3v) is 8.32. The summed E-state index contributed by atoms with van der Waals surface area (Å²) in [6, 6.07) is 21.5. The van der Waals surface area contributed by atoms with Crippen LogP contribution in [0.15, 0.2) is 100 Å². The second-order valence-electron chi connectivity index (χ2n) is 12.1. The molecule has 0 radical (unpaired) electrons. The van der Waals surface area contributed by atoms with Gasteiger partial charge in [-0.2, -0.15) is 0 Å². The molecule has 1 fully saturated rings. The fourth-order valence-corrected chi connectivity index (χ4v) is 5.67. The minimum absolute atomic E-state index is 0.102. The Morgan fingerprint density at radius 1 is 0.872 bits per heavy atom. The number of ether oxygens (including phenoxy) is 4. The normalized spacial score (nSPS) is 16.9. The van der Waals surface area contributed by atoms with Gasteiger partial charge in [0, 0.05) is 43.1 Å². The summed E-state index contributed by atoms with van der Waals surface area (Å²) in [4.78, 5) is 37.6. The Bertz CT molecular complexity index is 1870. The molecule has 0 saturated carbocycles. The predicted octanol–water partition coefficient (Wildman–Crippen LogP) is 6.73. The number of likely N-dealkylation sites (tertiary alicyclic amines) is 1. The van der Waals surface area contributed by atoms with E-state index in [-0.39, 0.29) is 24.8 Å². The van der Waals surface area contributed by atoms with E-state index in [4.69, 9.17) is 23.4 Å². The molecule has 9 heteroatoms. The lowest BCUT2D eigenvalue weighted by atomic mass is 9.96. The number of fused-ring (bicyclic) bond motifs is 3. The van der Waals surface area contributed by atoms with Crippen molar-refractivity contribution in [1.29, 1.82) is 0 Å². The molecule has 0 spiro atoms. The zero-order chi connectivity index (χ0) is 32.8. The molecule has 47 heavy (non-hydrogen) atoms. The molecule has 9 nitrogen and oxygen atoms in total. The molecule has 1 aromatic heterocycles. The minimum Gasteiger partial charge on any atom is -0.485 e. The van der Waals surface area contributed by atoms with E-state index in [0.29, 0.717) is 23.3 Å². The predicted molar refractivity (Wildman–Crippen MR) is 178 cm³/mol. The Kier molecular flexibility index (Phi) is 9.42. The van der Waals surface area contributed by atoms with Gasteiger partial charge >= 0.3 is 11.6 Å². The smallest absolute Gasteiger partial charge is 0.338 e. The molecule has 1 amide bonds. The number of benzene rings is 3. The number of piperidine rings is 1. The van der Waals surface area contributed by atoms with Crippen LogP contribution in [-0.2, 0) is 16.0 Å². The number of carbonyl (C=O) groups is 2. The Labute approximate surface area is 273 Å². The average molecular weight is 636 g/mol. The molecule has 4 heterocycles. The fraction of sp³-hybridized carbons (Fsp3) is 0.289. The Balaban J connectivity index is 0.000000168. The third-order valence-electron chi connectivity index (χ3n) is 8.32. The number of esters is 1. The first-order chi connectivity index (χ1) is 22.7. The number of carbonyl (C=O) groups excluding carboxylic acids is 2. The maximum absolute atomic E-state index is 12.4. The standard InChI is InChI=1S/C21H18O5.C17H19NO3/c1-21(2,26-20(23)13-6-4-3-5-7-13)18-11-15-10-14-8-9-19(22)25-16(14)12-17(15)24-18;19-17(18-10-4-1-5-11-18)7-3-2-6-14-8-9-15-16(12-14)21-13-20-15/h3-10,12,18H,11H2,1-2H3;2-3,6-9,12H,1,4-5,10-11,13H2. The maximum Gasteiger partial charge on any atom is 0.338 e. The Morgan fingerprint density at radius 3 is 2.47 bits per heavy atom. The summed E-state index contributed by atoms with van der Waals surface area (Å²) < 4.78 is 27.5. The summed E-state index contributed by atoms with van der Waals surface area (Å²) in [5.74, 6) is 1.92. The molecular weight excluding hydrogens is 598 g/mol. The number of rotatable bonds is 6. The molecule has 3 aromatic carbocycles. The van der Waals surface area contributed by atoms with Crippen LogP contribution in [0.2, 0.25) is 0 Å². The molecule has 1 saturated heterocycles. The summed E-state index contributed by atoms with van der Waals surface area (Å²) >= 11 is 0. The zero-order valence-corrected chi connectivity index (χ0v) is 26.5. The highest BCUT2D eigenvalue weighted by Crippen LogP contribution is 2.37. The molecule has 0 aliphatic carbocycles. The fourth-order valence-electron chi connectivity index (χ4n) is 5.67. The largest absolute Gasteiger partial charge is 0.485 e. The van der Waals surface area contributed by atoms with Gasteiger partial charge in [0.05, 0.1) is 5.56 Å². The van der Waals surface area contributed by atoms with E-state index in [2.05, 4.69) is 0 Å². The van der Waals surface area contributed by atoms with E-state index in [1.54, 1.807) is 48.6 Å². The quantitative estimate of drug-likeness (QED) is 0.0995. The van der Waals surface area contributed by atoms with Gasteiger partial charge in [-0.15, -0.1) is 0 Å². The Hall–Kier alpha value is -5.31. The van der Waals surface area contributed by atoms with Crippen LogP contribution in [0.1, 0.15) is 54.6 Å². The average Bonchev–Trinajstić information content (AvgIpc) is 3.73. The zero-order valence-electron chi connectivity index (χ0n) is 26.5. The molecule has 0 N–H and O–H groups in total. The summed E-state index contributed by atoms with van der Waals surface area (Å²) in [5.41, 5.74) is 1.79. The first-order valence-corrected chi connectivity index (χ1v) is 15.8. The summed E-state index contributed by atoms with van der Waals surface area (Å²) in [5, 5.41) is 0.840. The van der Waals surface area contributed by atoms with Crippen LogP contribution >= 0.6 is 0 Å². The molecule has 4 aromatic rings. The molecule has 3 aliphatic heterocycles. The van der Waals surface area contributed by atoms with Crippen molar-refractivity contribution in [2.75, 3.05) is 19.9 Å². The number of amides is 1. The molecular formula is C38H37NO8. The van der Waals surface area contributed by atoms with Crippen LogP contribution in [0, 0.1) is 0 Å². The summed E-state index contributed by atoms with van der Waals surface area (Å²) in [6.07, 6.45) is 11.0. The second-order valence-corrected chi connectivity index (χ2v) is 12.1. The van der Waals surface area contributed by atoms with Crippen LogP contribution in [-0.4, -0.2) is 48.4 Å². The van der Waals surface area contributed by atoms with Crippen LogP contribution < -0.4 is 19.8 Å². The number of allylic oxidation sites excluding steroid dienone is 2. The van der Waals surface area contributed by atoms with E-state index in [1.165, 1.54) is 12.5 Å². The van der Waals surface area contributed by atoms with Crippen molar-refractivity contribution in [3.63, 3.8) is 0 Å². The van der Waals surface area contributed by atoms with Gasteiger partial charge in [0.1, 0.15) is 23.0 Å². The summed E-state index contributed by atoms with van der Waals surface area (Å²) in [6.45, 7) is 5.73. The lowest BCUT2D eigenvalue weighted by Crippen LogP contribution is -2.43. The summed E-state index contributed by atoms with van der Waals surface area (Å²) in [7, 11) is 0. The van der Waals surface area contributed by atoms with Crippen molar-refractivity contribution in [2.24, 2.45) is 0 Å². The van der Waals surface area contributed by atoms with Crippen molar-refractivity contribution in [2.45, 2.75) is 51.2 Å². The van der Waals surface area contributed by atoms with Crippen LogP contribution in [0.3, 0.4) is 0 Å². The van der Waals surface area contributed by atoms with Crippen molar-refractivity contribution in [3.8, 4) is 17.2 Å². The molecule has 0 bridgehead atoms. The van der Waals surface area contributed by atoms with Gasteiger partial charge in [0.15, 0.2) is 11.5 Å². The highest BCUT2D eigenvalue weighted by Gasteiger charge is 2.40. The lowest BCUT2D eigenvalue weighted by Gasteiger charge is -2.30. The molecule has 1 unspecified atom stereocenters. The van der Waals surface area contributed by atoms with Crippen molar-refractivity contribution >= 4 is 28.9 Å². The first kappa shape index (κ1) is 31.7. The minimum atomic E-state index is -0.820. The van der Waals surface area contributed by atoms with Gasteiger partial charge in [-0.1, -0.05) is 42.5 Å². The molecule has 7 rings (SSSR count). The van der Waals surface area contributed by atoms with Gasteiger partial charge in [-0.25, -0.2) is 9.59 Å². The van der Waals surface area contributed by atoms with Gasteiger partial charge in [0.2, 0.25) is 12.7 Å². The van der Waals surface area contributed by atoms with E-state index < -0.39 is 11.2 Å². The number of hydrogen-bond acceptors (Lipinski definition) is 8. The van der Waals surface area contributed by atoms with E-state index in [1.807, 2.05) is 61.2 Å². The van der Waals surface area contributed by atoms with Crippen molar-refractivity contribution in [3.05, 3.63) is 118 Å². The van der Waals surface area contributed by atoms with E-state index in [9.17, 15) is 14.4 Å². The highest BCUT2D eigenvalue weighted by molar-refractivity contribution is 5.89. The van der Waals surface area contributed by atoms with E-state index in [0.717, 1.165) is 53.9 Å². The van der Waals surface area contributed by atoms with Crippen LogP contribution in [0.25, 0.3) is 17.0 Å². The molecule has 242 valence electrons. The van der Waals surface area contributed by atoms with Crippen LogP contribution in [0.5, 0.6) is 17.2 Å². The SMILES string of the molecule is CC(C)(OC(=O)c1ccccc1)C1Cc2cc3ccc(=O)oc3cc2O1.O=C(C=CC=Cc1ccc2c(c1)OCO2)N1CCCCC1. The highest BCUT2D eigenvalue weighted by atomic mass is 16.7. The Morgan fingerprint density at radius 2 is 1.66 bits per heavy atom. The van der Waals surface area contributed by atoms with Gasteiger partial charge < -0.3 is 28.3 Å². The van der Waals surface area contributed by atoms with Gasteiger partial charge in [0.25, 0.3) is 0 Å². The second kappa shape index (κ2) is 14.0. The van der Waals surface area contributed by atoms with Crippen molar-refractivity contribution in [1.82, 2.24) is 4.90 Å². The molecule has 3 aliphatic rings. The monoisotopic (exact) mass is 635 g/mol. The lowest BCUT2D eigenvalue weighted by molar-refractivity contribution is -0.126. The molecule has 1 atom stereocenters. The first-order valence-electron chi connectivity index (χ1n) is 15.8. The van der Waals surface area contributed by atoms with Gasteiger partial charge in [-0.3, -0.25) is 4.79 Å². The van der Waals surface area contributed by atoms with Gasteiger partial charge in [-0.05, 0) is 80.6 Å². The third kappa shape index (κ3) is 7.74. The maximum atomic E-state index is 12.4. The van der Waals surface area contributed by atoms with E-state index >= 15 is 0 Å². The van der Waals surface area contributed by atoms with Crippen molar-refractivity contribution < 1.29 is 33.0 Å². The van der Waals surface area contributed by atoms with Crippen LogP contribution in [0.4, 0.5) is 0 Å².